The number of amides is 2. The van der Waals surface area contributed by atoms with Crippen molar-refractivity contribution in [2.24, 2.45) is 5.73 Å². The number of carbonyl (C=O) groups excluding carboxylic acids is 2. The van der Waals surface area contributed by atoms with Crippen LogP contribution in [0.25, 0.3) is 0 Å². The van der Waals surface area contributed by atoms with Gasteiger partial charge in [0.25, 0.3) is 0 Å². The average molecular weight is 591 g/mol. The van der Waals surface area contributed by atoms with Crippen LogP contribution < -0.4 is 11.1 Å². The van der Waals surface area contributed by atoms with Crippen LogP contribution in [0.15, 0.2) is 42.5 Å². The summed E-state index contributed by atoms with van der Waals surface area (Å²) in [4.78, 5) is 27.2. The normalized spacial score (nSPS) is 14.6. The molecule has 2 aromatic carbocycles. The van der Waals surface area contributed by atoms with Crippen molar-refractivity contribution in [1.82, 2.24) is 25.0 Å². The van der Waals surface area contributed by atoms with Crippen molar-refractivity contribution in [1.29, 1.82) is 0 Å². The highest BCUT2D eigenvalue weighted by Crippen LogP contribution is 2.29. The van der Waals surface area contributed by atoms with Gasteiger partial charge in [-0.05, 0) is 30.0 Å². The van der Waals surface area contributed by atoms with Crippen molar-refractivity contribution in [2.75, 3.05) is 6.54 Å². The summed E-state index contributed by atoms with van der Waals surface area (Å²) in [5, 5.41) is 9.28. The minimum Gasteiger partial charge on any atom is -0.351 e. The number of rotatable bonds is 8. The molecular formula is C25H25ClF6N6O2. The average Bonchev–Trinajstić information content (AvgIpc) is 3.32. The van der Waals surface area contributed by atoms with Crippen LogP contribution in [0.5, 0.6) is 0 Å². The molecule has 2 heterocycles. The van der Waals surface area contributed by atoms with Crippen LogP contribution in [0, 0.1) is 17.5 Å². The summed E-state index contributed by atoms with van der Waals surface area (Å²) in [6.45, 7) is -0.573. The Hall–Kier alpha value is -3.65. The number of nitrogens with one attached hydrogen (secondary N) is 1. The molecular weight excluding hydrogens is 566 g/mol. The minimum atomic E-state index is -4.71. The Morgan fingerprint density at radius 1 is 0.975 bits per heavy atom. The van der Waals surface area contributed by atoms with E-state index in [1.807, 2.05) is 0 Å². The first kappa shape index (κ1) is 30.9. The van der Waals surface area contributed by atoms with Crippen LogP contribution >= 0.6 is 12.4 Å². The largest absolute Gasteiger partial charge is 0.451 e. The standard InChI is InChI=1S/C25H24F6N6O2.ClH/c26-17-12-19(28)18(27)10-15(17)9-16(33-23(39)20(32)8-14-4-2-1-3-5-14)11-22(38)36-6-7-37-21(13-36)34-35-24(37)25(29,30)31;/h1-5,10,12,16,20H,6-9,11,13,32H2,(H,33,39);1H. The summed E-state index contributed by atoms with van der Waals surface area (Å²) in [7, 11) is 0. The number of aromatic nitrogens is 3. The second-order valence-corrected chi connectivity index (χ2v) is 9.17. The number of alkyl halides is 3. The van der Waals surface area contributed by atoms with Crippen LogP contribution in [0.4, 0.5) is 26.3 Å². The topological polar surface area (TPSA) is 106 Å². The molecule has 2 atom stereocenters. The Balaban J connectivity index is 0.00000441. The van der Waals surface area contributed by atoms with Crippen molar-refractivity contribution >= 4 is 24.2 Å². The zero-order valence-electron chi connectivity index (χ0n) is 20.8. The quantitative estimate of drug-likeness (QED) is 0.310. The molecule has 0 spiro atoms. The fourth-order valence-corrected chi connectivity index (χ4v) is 4.35. The van der Waals surface area contributed by atoms with E-state index in [0.29, 0.717) is 12.1 Å². The van der Waals surface area contributed by atoms with Gasteiger partial charge in [-0.1, -0.05) is 30.3 Å². The number of hydrogen-bond donors (Lipinski definition) is 2. The monoisotopic (exact) mass is 590 g/mol. The van der Waals surface area contributed by atoms with Crippen molar-refractivity contribution in [2.45, 2.75) is 50.6 Å². The highest BCUT2D eigenvalue weighted by Gasteiger charge is 2.40. The van der Waals surface area contributed by atoms with E-state index in [2.05, 4.69) is 15.5 Å². The number of fused-ring (bicyclic) bond motifs is 1. The Kier molecular flexibility index (Phi) is 9.79. The van der Waals surface area contributed by atoms with E-state index in [1.165, 1.54) is 4.90 Å². The summed E-state index contributed by atoms with van der Waals surface area (Å²) in [6, 6.07) is 7.75. The fraction of sp³-hybridized carbons (Fsp3) is 0.360. The molecule has 0 fully saturated rings. The summed E-state index contributed by atoms with van der Waals surface area (Å²) in [5.74, 6) is -6.25. The Morgan fingerprint density at radius 3 is 2.33 bits per heavy atom. The number of carbonyl (C=O) groups is 2. The van der Waals surface area contributed by atoms with E-state index in [-0.39, 0.29) is 56.3 Å². The molecule has 1 aliphatic rings. The summed E-state index contributed by atoms with van der Waals surface area (Å²) >= 11 is 0. The van der Waals surface area contributed by atoms with E-state index in [1.54, 1.807) is 30.3 Å². The first-order chi connectivity index (χ1) is 18.4. The third kappa shape index (κ3) is 7.30. The van der Waals surface area contributed by atoms with Gasteiger partial charge < -0.3 is 20.5 Å². The molecule has 4 rings (SSSR count). The third-order valence-corrected chi connectivity index (χ3v) is 6.32. The van der Waals surface area contributed by atoms with Crippen LogP contribution in [0.2, 0.25) is 0 Å². The molecule has 0 saturated carbocycles. The van der Waals surface area contributed by atoms with Gasteiger partial charge in [-0.3, -0.25) is 9.59 Å². The van der Waals surface area contributed by atoms with E-state index >= 15 is 0 Å². The maximum absolute atomic E-state index is 14.4. The summed E-state index contributed by atoms with van der Waals surface area (Å²) in [5.41, 5.74) is 6.52. The van der Waals surface area contributed by atoms with Crippen molar-refractivity contribution < 1.29 is 35.9 Å². The minimum absolute atomic E-state index is 0. The lowest BCUT2D eigenvalue weighted by Gasteiger charge is -2.30. The SMILES string of the molecule is Cl.NC(Cc1ccccc1)C(=O)NC(CC(=O)N1CCn2c(nnc2C(F)(F)F)C1)Cc1cc(F)c(F)cc1F. The maximum atomic E-state index is 14.4. The number of nitrogens with zero attached hydrogens (tertiary/aromatic N) is 4. The van der Waals surface area contributed by atoms with Gasteiger partial charge >= 0.3 is 6.18 Å². The van der Waals surface area contributed by atoms with Gasteiger partial charge in [-0.2, -0.15) is 13.2 Å². The second-order valence-electron chi connectivity index (χ2n) is 9.17. The first-order valence-corrected chi connectivity index (χ1v) is 11.9. The zero-order chi connectivity index (χ0) is 28.3. The van der Waals surface area contributed by atoms with Gasteiger partial charge in [-0.15, -0.1) is 22.6 Å². The molecule has 8 nitrogen and oxygen atoms in total. The highest BCUT2D eigenvalue weighted by molar-refractivity contribution is 5.85. The number of halogens is 7. The molecule has 3 N–H and O–H groups in total. The van der Waals surface area contributed by atoms with Gasteiger partial charge in [0, 0.05) is 31.6 Å². The van der Waals surface area contributed by atoms with E-state index in [0.717, 1.165) is 10.1 Å². The molecule has 0 radical (unpaired) electrons. The molecule has 2 amide bonds. The van der Waals surface area contributed by atoms with Crippen molar-refractivity contribution in [3.05, 3.63) is 82.7 Å². The van der Waals surface area contributed by atoms with Gasteiger partial charge in [0.1, 0.15) is 5.82 Å². The summed E-state index contributed by atoms with van der Waals surface area (Å²) < 4.78 is 81.8. The van der Waals surface area contributed by atoms with Crippen LogP contribution in [-0.2, 0) is 41.7 Å². The molecule has 1 aromatic heterocycles. The predicted molar refractivity (Wildman–Crippen MR) is 132 cm³/mol. The van der Waals surface area contributed by atoms with Gasteiger partial charge in [0.15, 0.2) is 17.5 Å². The van der Waals surface area contributed by atoms with E-state index < -0.39 is 59.8 Å². The fourth-order valence-electron chi connectivity index (χ4n) is 4.35. The lowest BCUT2D eigenvalue weighted by Crippen LogP contribution is -2.49. The van der Waals surface area contributed by atoms with Gasteiger partial charge in [0.05, 0.1) is 12.6 Å². The molecule has 1 aliphatic heterocycles. The maximum Gasteiger partial charge on any atom is 0.451 e. The first-order valence-electron chi connectivity index (χ1n) is 11.9. The van der Waals surface area contributed by atoms with E-state index in [9.17, 15) is 35.9 Å². The van der Waals surface area contributed by atoms with Crippen molar-refractivity contribution in [3.63, 3.8) is 0 Å². The Morgan fingerprint density at radius 2 is 1.65 bits per heavy atom. The molecule has 216 valence electrons. The molecule has 40 heavy (non-hydrogen) atoms. The molecule has 15 heteroatoms. The molecule has 0 bridgehead atoms. The molecule has 0 saturated heterocycles. The molecule has 0 aliphatic carbocycles. The Labute approximate surface area is 230 Å². The molecule has 3 aromatic rings. The van der Waals surface area contributed by atoms with Crippen LogP contribution in [0.1, 0.15) is 29.2 Å². The number of nitrogens with two attached hydrogens (primary N) is 1. The second kappa shape index (κ2) is 12.7. The Bertz CT molecular complexity index is 1350. The smallest absolute Gasteiger partial charge is 0.351 e. The van der Waals surface area contributed by atoms with Crippen LogP contribution in [-0.4, -0.2) is 50.1 Å². The van der Waals surface area contributed by atoms with Gasteiger partial charge in [-0.25, -0.2) is 13.2 Å². The van der Waals surface area contributed by atoms with Crippen molar-refractivity contribution in [3.8, 4) is 0 Å². The lowest BCUT2D eigenvalue weighted by atomic mass is 10.00. The molecule has 2 unspecified atom stereocenters. The van der Waals surface area contributed by atoms with E-state index in [4.69, 9.17) is 5.73 Å². The van der Waals surface area contributed by atoms with Gasteiger partial charge in [0.2, 0.25) is 17.6 Å². The number of hydrogen-bond acceptors (Lipinski definition) is 5. The predicted octanol–water partition coefficient (Wildman–Crippen LogP) is 3.17. The zero-order valence-corrected chi connectivity index (χ0v) is 21.6. The van der Waals surface area contributed by atoms with Crippen LogP contribution in [0.3, 0.4) is 0 Å². The number of benzene rings is 2. The highest BCUT2D eigenvalue weighted by atomic mass is 35.5. The lowest BCUT2D eigenvalue weighted by molar-refractivity contribution is -0.148. The third-order valence-electron chi connectivity index (χ3n) is 6.32. The summed E-state index contributed by atoms with van der Waals surface area (Å²) in [6.07, 6.45) is -5.33.